The van der Waals surface area contributed by atoms with Gasteiger partial charge in [-0.05, 0) is 25.9 Å². The predicted octanol–water partition coefficient (Wildman–Crippen LogP) is 2.23. The molecule has 0 unspecified atom stereocenters. The van der Waals surface area contributed by atoms with Crippen molar-refractivity contribution in [2.45, 2.75) is 49.3 Å². The molecule has 25 heavy (non-hydrogen) atoms. The van der Waals surface area contributed by atoms with Crippen molar-refractivity contribution in [2.75, 3.05) is 19.3 Å². The van der Waals surface area contributed by atoms with Crippen LogP contribution in [0.15, 0.2) is 16.6 Å². The van der Waals surface area contributed by atoms with Gasteiger partial charge in [-0.1, -0.05) is 18.3 Å². The lowest BCUT2D eigenvalue weighted by molar-refractivity contribution is 0.202. The van der Waals surface area contributed by atoms with E-state index in [1.54, 1.807) is 0 Å². The second kappa shape index (κ2) is 7.43. The number of aromatic nitrogens is 4. The fraction of sp³-hybridized carbons (Fsp3) is 0.625. The maximum atomic E-state index is 11.8. The number of hydrogen-bond acceptors (Lipinski definition) is 8. The molecule has 1 aliphatic rings. The second-order valence-electron chi connectivity index (χ2n) is 6.87. The number of hydrogen-bond donors (Lipinski definition) is 0. The van der Waals surface area contributed by atoms with Gasteiger partial charge >= 0.3 is 0 Å². The minimum atomic E-state index is -3.25. The van der Waals surface area contributed by atoms with Gasteiger partial charge < -0.3 is 0 Å². The fourth-order valence-electron chi connectivity index (χ4n) is 3.06. The Bertz CT molecular complexity index is 809. The molecule has 7 nitrogen and oxygen atoms in total. The minimum absolute atomic E-state index is 0.166. The summed E-state index contributed by atoms with van der Waals surface area (Å²) >= 11 is 0.978. The Morgan fingerprint density at radius 3 is 2.44 bits per heavy atom. The summed E-state index contributed by atoms with van der Waals surface area (Å²) in [6.45, 7) is 6.78. The molecular weight excluding hydrogens is 358 g/mol. The molecule has 2 aromatic heterocycles. The van der Waals surface area contributed by atoms with Gasteiger partial charge in [0.05, 0.1) is 5.69 Å². The minimum Gasteiger partial charge on any atom is -0.299 e. The maximum Gasteiger partial charge on any atom is 0.188 e. The normalized spacial score (nSPS) is 17.3. The lowest BCUT2D eigenvalue weighted by Gasteiger charge is -2.31. The van der Waals surface area contributed by atoms with Crippen LogP contribution in [0.2, 0.25) is 0 Å². The van der Waals surface area contributed by atoms with Crippen molar-refractivity contribution in [3.63, 3.8) is 0 Å². The van der Waals surface area contributed by atoms with E-state index in [9.17, 15) is 8.42 Å². The van der Waals surface area contributed by atoms with Gasteiger partial charge in [0.15, 0.2) is 14.0 Å². The molecule has 2 aromatic rings. The molecule has 0 spiro atoms. The van der Waals surface area contributed by atoms with Gasteiger partial charge in [-0.3, -0.25) is 4.90 Å². The topological polar surface area (TPSA) is 88.9 Å². The van der Waals surface area contributed by atoms with Crippen molar-refractivity contribution < 1.29 is 8.42 Å². The first-order chi connectivity index (χ1) is 11.8. The monoisotopic (exact) mass is 381 g/mol. The van der Waals surface area contributed by atoms with Crippen LogP contribution in [-0.4, -0.2) is 52.2 Å². The molecule has 136 valence electrons. The molecule has 0 radical (unpaired) electrons. The Labute approximate surface area is 152 Å². The first kappa shape index (κ1) is 18.3. The van der Waals surface area contributed by atoms with Crippen LogP contribution in [-0.2, 0) is 16.4 Å². The van der Waals surface area contributed by atoms with Gasteiger partial charge in [0, 0.05) is 54.1 Å². The van der Waals surface area contributed by atoms with Gasteiger partial charge in [0.25, 0.3) is 0 Å². The van der Waals surface area contributed by atoms with Gasteiger partial charge in [-0.25, -0.2) is 18.4 Å². The first-order valence-corrected chi connectivity index (χ1v) is 11.1. The molecule has 0 aliphatic carbocycles. The summed E-state index contributed by atoms with van der Waals surface area (Å²) in [6, 6.07) is 0. The van der Waals surface area contributed by atoms with Crippen molar-refractivity contribution in [1.82, 2.24) is 24.5 Å². The van der Waals surface area contributed by atoms with Crippen LogP contribution >= 0.6 is 11.5 Å². The fourth-order valence-corrected chi connectivity index (χ4v) is 4.80. The van der Waals surface area contributed by atoms with Gasteiger partial charge in [0.2, 0.25) is 0 Å². The van der Waals surface area contributed by atoms with Crippen molar-refractivity contribution in [1.29, 1.82) is 0 Å². The molecule has 0 aromatic carbocycles. The smallest absolute Gasteiger partial charge is 0.188 e. The third-order valence-corrected chi connectivity index (χ3v) is 6.99. The van der Waals surface area contributed by atoms with Crippen LogP contribution < -0.4 is 0 Å². The van der Waals surface area contributed by atoms with Crippen LogP contribution in [0.5, 0.6) is 0 Å². The van der Waals surface area contributed by atoms with Gasteiger partial charge in [0.1, 0.15) is 5.82 Å². The third kappa shape index (κ3) is 4.39. The average Bonchev–Trinajstić information content (AvgIpc) is 3.06. The third-order valence-electron chi connectivity index (χ3n) is 4.44. The summed E-state index contributed by atoms with van der Waals surface area (Å²) in [7, 11) is -3.25. The summed E-state index contributed by atoms with van der Waals surface area (Å²) in [4.78, 5) is 11.2. The Kier molecular flexibility index (Phi) is 5.45. The number of piperidine rings is 1. The molecule has 3 heterocycles. The molecule has 0 bridgehead atoms. The van der Waals surface area contributed by atoms with Gasteiger partial charge in [-0.15, -0.1) is 5.10 Å². The van der Waals surface area contributed by atoms with Crippen LogP contribution in [0.1, 0.15) is 55.6 Å². The van der Waals surface area contributed by atoms with Crippen LogP contribution in [0.3, 0.4) is 0 Å². The number of likely N-dealkylation sites (tertiary alicyclic amines) is 1. The zero-order valence-corrected chi connectivity index (χ0v) is 16.3. The number of sulfone groups is 1. The largest absolute Gasteiger partial charge is 0.299 e. The standard InChI is InChI=1S/C16H23N5O2S2/c1-11(2)15-17-8-12(9-18-15)10-21-6-4-13(5-7-21)14-16(24-20-19-14)25(3,22)23/h8-9,11,13H,4-7,10H2,1-3H3. The van der Waals surface area contributed by atoms with E-state index in [0.717, 1.165) is 55.4 Å². The zero-order valence-electron chi connectivity index (χ0n) is 14.7. The quantitative estimate of drug-likeness (QED) is 0.784. The molecule has 0 amide bonds. The van der Waals surface area contributed by atoms with Crippen LogP contribution in [0, 0.1) is 0 Å². The summed E-state index contributed by atoms with van der Waals surface area (Å²) < 4.78 is 27.9. The lowest BCUT2D eigenvalue weighted by atomic mass is 9.94. The molecule has 0 N–H and O–H groups in total. The average molecular weight is 382 g/mol. The van der Waals surface area contributed by atoms with Crippen molar-refractivity contribution in [2.24, 2.45) is 0 Å². The van der Waals surface area contributed by atoms with Crippen molar-refractivity contribution in [3.05, 3.63) is 29.5 Å². The van der Waals surface area contributed by atoms with E-state index >= 15 is 0 Å². The second-order valence-corrected chi connectivity index (χ2v) is 9.84. The lowest BCUT2D eigenvalue weighted by Crippen LogP contribution is -2.33. The van der Waals surface area contributed by atoms with E-state index in [2.05, 4.69) is 38.3 Å². The first-order valence-electron chi connectivity index (χ1n) is 8.40. The van der Waals surface area contributed by atoms with E-state index in [-0.39, 0.29) is 5.92 Å². The molecule has 9 heteroatoms. The Balaban J connectivity index is 1.60. The van der Waals surface area contributed by atoms with E-state index in [1.807, 2.05) is 12.4 Å². The Morgan fingerprint density at radius 2 is 1.88 bits per heavy atom. The van der Waals surface area contributed by atoms with E-state index in [4.69, 9.17) is 0 Å². The molecule has 3 rings (SSSR count). The summed E-state index contributed by atoms with van der Waals surface area (Å²) in [5.41, 5.74) is 1.76. The highest BCUT2D eigenvalue weighted by Crippen LogP contribution is 2.32. The highest BCUT2D eigenvalue weighted by Gasteiger charge is 2.28. The summed E-state index contributed by atoms with van der Waals surface area (Å²) in [6.07, 6.45) is 6.81. The van der Waals surface area contributed by atoms with E-state index in [0.29, 0.717) is 15.8 Å². The molecule has 0 atom stereocenters. The zero-order chi connectivity index (χ0) is 18.0. The Morgan fingerprint density at radius 1 is 1.24 bits per heavy atom. The van der Waals surface area contributed by atoms with Crippen molar-refractivity contribution >= 4 is 21.4 Å². The Hall–Kier alpha value is -1.45. The number of nitrogens with zero attached hydrogens (tertiary/aromatic N) is 5. The summed E-state index contributed by atoms with van der Waals surface area (Å²) in [5, 5.41) is 4.09. The van der Waals surface area contributed by atoms with Crippen LogP contribution in [0.25, 0.3) is 0 Å². The molecule has 1 aliphatic heterocycles. The molecule has 1 saturated heterocycles. The molecule has 0 saturated carbocycles. The summed E-state index contributed by atoms with van der Waals surface area (Å²) in [5.74, 6) is 1.37. The highest BCUT2D eigenvalue weighted by molar-refractivity contribution is 7.92. The van der Waals surface area contributed by atoms with Gasteiger partial charge in [-0.2, -0.15) is 0 Å². The maximum absolute atomic E-state index is 11.8. The highest BCUT2D eigenvalue weighted by atomic mass is 32.2. The SMILES string of the molecule is CC(C)c1ncc(CN2CCC(c3nnsc3S(C)(=O)=O)CC2)cn1. The molecule has 1 fully saturated rings. The van der Waals surface area contributed by atoms with Crippen molar-refractivity contribution in [3.8, 4) is 0 Å². The van der Waals surface area contributed by atoms with E-state index < -0.39 is 9.84 Å². The molecular formula is C16H23N5O2S2. The van der Waals surface area contributed by atoms with Crippen LogP contribution in [0.4, 0.5) is 0 Å². The predicted molar refractivity (Wildman–Crippen MR) is 96.4 cm³/mol. The van der Waals surface area contributed by atoms with E-state index in [1.165, 1.54) is 6.26 Å². The number of rotatable bonds is 5.